The smallest absolute Gasteiger partial charge is 0.0702 e. The number of aliphatic hydroxyl groups excluding tert-OH is 1. The fourth-order valence-electron chi connectivity index (χ4n) is 1.91. The lowest BCUT2D eigenvalue weighted by atomic mass is 10.1. The molecule has 0 aliphatic heterocycles. The van der Waals surface area contributed by atoms with Crippen LogP contribution in [0.1, 0.15) is 18.9 Å². The highest BCUT2D eigenvalue weighted by Crippen LogP contribution is 2.25. The molecule has 0 aromatic heterocycles. The first kappa shape index (κ1) is 15.3. The Kier molecular flexibility index (Phi) is 6.47. The topological polar surface area (TPSA) is 26.7 Å². The first-order chi connectivity index (χ1) is 8.58. The van der Waals surface area contributed by atoms with Gasteiger partial charge in [0, 0.05) is 35.9 Å². The van der Waals surface area contributed by atoms with Gasteiger partial charge in [0.1, 0.15) is 0 Å². The number of benzene rings is 1. The van der Waals surface area contributed by atoms with Crippen molar-refractivity contribution in [3.63, 3.8) is 0 Å². The van der Waals surface area contributed by atoms with Crippen molar-refractivity contribution in [1.82, 2.24) is 4.90 Å². The molecule has 0 heterocycles. The number of anilines is 1. The van der Waals surface area contributed by atoms with Gasteiger partial charge in [-0.15, -0.1) is 0 Å². The molecule has 0 aliphatic carbocycles. The number of hydrogen-bond donors (Lipinski definition) is 1. The van der Waals surface area contributed by atoms with Crippen molar-refractivity contribution in [1.29, 1.82) is 0 Å². The quantitative estimate of drug-likeness (QED) is 0.825. The number of hydrogen-bond acceptors (Lipinski definition) is 3. The molecular weight excluding hydrogens is 248 g/mol. The number of aliphatic hydroxyl groups is 1. The van der Waals surface area contributed by atoms with E-state index >= 15 is 0 Å². The maximum absolute atomic E-state index is 9.42. The monoisotopic (exact) mass is 270 g/mol. The summed E-state index contributed by atoms with van der Waals surface area (Å²) in [5.41, 5.74) is 1.99. The molecule has 0 spiro atoms. The molecule has 4 heteroatoms. The van der Waals surface area contributed by atoms with Crippen LogP contribution in [-0.4, -0.2) is 43.7 Å². The van der Waals surface area contributed by atoms with Gasteiger partial charge in [-0.1, -0.05) is 24.6 Å². The second-order valence-electron chi connectivity index (χ2n) is 4.72. The highest BCUT2D eigenvalue weighted by molar-refractivity contribution is 6.30. The average molecular weight is 271 g/mol. The van der Waals surface area contributed by atoms with Crippen LogP contribution in [0.3, 0.4) is 0 Å². The molecule has 1 aromatic rings. The first-order valence-corrected chi connectivity index (χ1v) is 6.75. The van der Waals surface area contributed by atoms with Gasteiger partial charge in [-0.05, 0) is 32.6 Å². The minimum atomic E-state index is 0.0503. The minimum Gasteiger partial charge on any atom is -0.392 e. The van der Waals surface area contributed by atoms with Crippen molar-refractivity contribution in [3.05, 3.63) is 28.8 Å². The van der Waals surface area contributed by atoms with Gasteiger partial charge in [0.2, 0.25) is 0 Å². The molecule has 18 heavy (non-hydrogen) atoms. The van der Waals surface area contributed by atoms with Crippen LogP contribution in [0.2, 0.25) is 5.02 Å². The van der Waals surface area contributed by atoms with Crippen molar-refractivity contribution in [2.24, 2.45) is 0 Å². The molecule has 0 saturated carbocycles. The predicted molar refractivity (Wildman–Crippen MR) is 78.4 cm³/mol. The average Bonchev–Trinajstić information content (AvgIpc) is 2.34. The molecule has 0 radical (unpaired) electrons. The molecule has 0 fully saturated rings. The third kappa shape index (κ3) is 4.48. The van der Waals surface area contributed by atoms with Gasteiger partial charge in [-0.3, -0.25) is 0 Å². The molecular formula is C14H23ClN2O. The molecule has 102 valence electrons. The van der Waals surface area contributed by atoms with E-state index in [1.165, 1.54) is 0 Å². The zero-order valence-electron chi connectivity index (χ0n) is 11.5. The van der Waals surface area contributed by atoms with Crippen LogP contribution in [0.25, 0.3) is 0 Å². The lowest BCUT2D eigenvalue weighted by molar-refractivity contribution is 0.282. The Hall–Kier alpha value is -0.770. The van der Waals surface area contributed by atoms with Crippen LogP contribution in [-0.2, 0) is 6.61 Å². The minimum absolute atomic E-state index is 0.0503. The largest absolute Gasteiger partial charge is 0.392 e. The maximum atomic E-state index is 9.42. The number of nitrogens with zero attached hydrogens (tertiary/aromatic N) is 2. The summed E-state index contributed by atoms with van der Waals surface area (Å²) in [4.78, 5) is 4.45. The highest BCUT2D eigenvalue weighted by Gasteiger charge is 2.11. The summed E-state index contributed by atoms with van der Waals surface area (Å²) in [5.74, 6) is 0. The van der Waals surface area contributed by atoms with Crippen LogP contribution in [0.4, 0.5) is 5.69 Å². The second-order valence-corrected chi connectivity index (χ2v) is 5.16. The normalized spacial score (nSPS) is 11.0. The van der Waals surface area contributed by atoms with Gasteiger partial charge in [-0.25, -0.2) is 0 Å². The van der Waals surface area contributed by atoms with Crippen LogP contribution in [0, 0.1) is 0 Å². The van der Waals surface area contributed by atoms with E-state index in [0.717, 1.165) is 37.3 Å². The molecule has 0 aliphatic rings. The lowest BCUT2D eigenvalue weighted by Crippen LogP contribution is -2.33. The Labute approximate surface area is 115 Å². The van der Waals surface area contributed by atoms with E-state index in [2.05, 4.69) is 30.8 Å². The van der Waals surface area contributed by atoms with E-state index in [9.17, 15) is 5.11 Å². The molecule has 0 saturated heterocycles. The van der Waals surface area contributed by atoms with Crippen molar-refractivity contribution in [2.45, 2.75) is 20.0 Å². The zero-order chi connectivity index (χ0) is 13.5. The molecule has 0 atom stereocenters. The van der Waals surface area contributed by atoms with E-state index in [1.54, 1.807) is 0 Å². The molecule has 1 N–H and O–H groups in total. The number of rotatable bonds is 7. The van der Waals surface area contributed by atoms with Crippen LogP contribution >= 0.6 is 11.6 Å². The van der Waals surface area contributed by atoms with Crippen LogP contribution < -0.4 is 4.90 Å². The van der Waals surface area contributed by atoms with Crippen molar-refractivity contribution in [2.75, 3.05) is 38.6 Å². The van der Waals surface area contributed by atoms with Gasteiger partial charge in [-0.2, -0.15) is 0 Å². The number of likely N-dealkylation sites (N-methyl/N-ethyl adjacent to an activating group) is 1. The second kappa shape index (κ2) is 7.62. The maximum Gasteiger partial charge on any atom is 0.0702 e. The van der Waals surface area contributed by atoms with Gasteiger partial charge < -0.3 is 14.9 Å². The molecule has 0 bridgehead atoms. The molecule has 0 unspecified atom stereocenters. The SMILES string of the molecule is CCCN(CCN(C)C)c1cc(Cl)ccc1CO. The first-order valence-electron chi connectivity index (χ1n) is 6.37. The lowest BCUT2D eigenvalue weighted by Gasteiger charge is -2.28. The fraction of sp³-hybridized carbons (Fsp3) is 0.571. The molecule has 3 nitrogen and oxygen atoms in total. The van der Waals surface area contributed by atoms with E-state index in [0.29, 0.717) is 5.02 Å². The van der Waals surface area contributed by atoms with E-state index < -0.39 is 0 Å². The summed E-state index contributed by atoms with van der Waals surface area (Å²) in [7, 11) is 4.13. The highest BCUT2D eigenvalue weighted by atomic mass is 35.5. The molecule has 1 rings (SSSR count). The number of halogens is 1. The summed E-state index contributed by atoms with van der Waals surface area (Å²) >= 11 is 6.06. The Morgan fingerprint density at radius 3 is 2.44 bits per heavy atom. The Morgan fingerprint density at radius 2 is 1.89 bits per heavy atom. The van der Waals surface area contributed by atoms with Gasteiger partial charge in [0.05, 0.1) is 6.61 Å². The Morgan fingerprint density at radius 1 is 1.17 bits per heavy atom. The Bertz CT molecular complexity index is 369. The summed E-state index contributed by atoms with van der Waals surface area (Å²) in [6.07, 6.45) is 1.07. The van der Waals surface area contributed by atoms with Crippen molar-refractivity contribution >= 4 is 17.3 Å². The standard InChI is InChI=1S/C14H23ClN2O/c1-4-7-17(9-8-16(2)3)14-10-13(15)6-5-12(14)11-18/h5-6,10,18H,4,7-9,11H2,1-3H3. The molecule has 0 amide bonds. The van der Waals surface area contributed by atoms with Gasteiger partial charge in [0.25, 0.3) is 0 Å². The third-order valence-electron chi connectivity index (χ3n) is 2.87. The summed E-state index contributed by atoms with van der Waals surface area (Å²) < 4.78 is 0. The van der Waals surface area contributed by atoms with E-state index in [4.69, 9.17) is 11.6 Å². The molecule has 1 aromatic carbocycles. The van der Waals surface area contributed by atoms with Gasteiger partial charge >= 0.3 is 0 Å². The van der Waals surface area contributed by atoms with Crippen molar-refractivity contribution in [3.8, 4) is 0 Å². The van der Waals surface area contributed by atoms with Crippen LogP contribution in [0.5, 0.6) is 0 Å². The Balaban J connectivity index is 2.92. The zero-order valence-corrected chi connectivity index (χ0v) is 12.2. The predicted octanol–water partition coefficient (Wildman–Crippen LogP) is 2.61. The van der Waals surface area contributed by atoms with Crippen molar-refractivity contribution < 1.29 is 5.11 Å². The summed E-state index contributed by atoms with van der Waals surface area (Å²) in [5, 5.41) is 10.1. The van der Waals surface area contributed by atoms with Crippen LogP contribution in [0.15, 0.2) is 18.2 Å². The third-order valence-corrected chi connectivity index (χ3v) is 3.10. The fourth-order valence-corrected chi connectivity index (χ4v) is 2.07. The summed E-state index contributed by atoms with van der Waals surface area (Å²) in [6, 6.07) is 5.67. The van der Waals surface area contributed by atoms with Gasteiger partial charge in [0.15, 0.2) is 0 Å². The van der Waals surface area contributed by atoms with E-state index in [1.807, 2.05) is 18.2 Å². The van der Waals surface area contributed by atoms with E-state index in [-0.39, 0.29) is 6.61 Å². The summed E-state index contributed by atoms with van der Waals surface area (Å²) in [6.45, 7) is 5.10.